The zero-order valence-corrected chi connectivity index (χ0v) is 9.98. The average Bonchev–Trinajstić information content (AvgIpc) is 2.28. The number of piperidine rings is 1. The Morgan fingerprint density at radius 1 is 1.24 bits per heavy atom. The average molecular weight is 240 g/mol. The highest BCUT2D eigenvalue weighted by Gasteiger charge is 2.48. The molecule has 2 fully saturated rings. The Morgan fingerprint density at radius 2 is 1.88 bits per heavy atom. The molecule has 0 atom stereocenters. The van der Waals surface area contributed by atoms with Gasteiger partial charge in [-0.3, -0.25) is 10.2 Å². The lowest BCUT2D eigenvalue weighted by atomic mass is 9.67. The highest BCUT2D eigenvalue weighted by Crippen LogP contribution is 2.41. The summed E-state index contributed by atoms with van der Waals surface area (Å²) < 4.78 is 0. The van der Waals surface area contributed by atoms with E-state index in [1.807, 2.05) is 5.01 Å². The molecular formula is C11H20N4O2. The molecule has 1 aliphatic carbocycles. The quantitative estimate of drug-likeness (QED) is 0.288. The number of hydrogen-bond donors (Lipinski definition) is 3. The summed E-state index contributed by atoms with van der Waals surface area (Å²) in [6, 6.07) is 0. The van der Waals surface area contributed by atoms with Crippen molar-refractivity contribution >= 4 is 11.7 Å². The molecule has 0 spiro atoms. The molecule has 1 heterocycles. The van der Waals surface area contributed by atoms with Gasteiger partial charge in [0.25, 0.3) is 0 Å². The smallest absolute Gasteiger partial charge is 0.248 e. The maximum atomic E-state index is 12.2. The summed E-state index contributed by atoms with van der Waals surface area (Å²) >= 11 is 0. The second kappa shape index (κ2) is 4.91. The number of nitrogens with two attached hydrogens (primary N) is 1. The third-order valence-corrected chi connectivity index (χ3v) is 3.86. The SMILES string of the molecule is NC(=NO)C1(C(=O)NN2CCCCC2)CCC1. The van der Waals surface area contributed by atoms with Gasteiger partial charge in [0.05, 0.1) is 0 Å². The summed E-state index contributed by atoms with van der Waals surface area (Å²) in [6.45, 7) is 1.77. The van der Waals surface area contributed by atoms with Crippen LogP contribution in [0.15, 0.2) is 5.16 Å². The van der Waals surface area contributed by atoms with Gasteiger partial charge in [-0.15, -0.1) is 0 Å². The Balaban J connectivity index is 1.98. The molecule has 6 nitrogen and oxygen atoms in total. The lowest BCUT2D eigenvalue weighted by molar-refractivity contribution is -0.136. The van der Waals surface area contributed by atoms with Crippen molar-refractivity contribution < 1.29 is 10.0 Å². The lowest BCUT2D eigenvalue weighted by Gasteiger charge is -2.40. The molecule has 0 aromatic carbocycles. The van der Waals surface area contributed by atoms with Gasteiger partial charge in [-0.05, 0) is 25.7 Å². The molecule has 17 heavy (non-hydrogen) atoms. The first-order chi connectivity index (χ1) is 8.19. The van der Waals surface area contributed by atoms with Crippen molar-refractivity contribution in [2.24, 2.45) is 16.3 Å². The molecule has 1 amide bonds. The summed E-state index contributed by atoms with van der Waals surface area (Å²) in [5, 5.41) is 13.7. The fourth-order valence-electron chi connectivity index (χ4n) is 2.48. The van der Waals surface area contributed by atoms with Gasteiger partial charge in [0.15, 0.2) is 5.84 Å². The predicted octanol–water partition coefficient (Wildman–Crippen LogP) is 0.420. The number of amides is 1. The van der Waals surface area contributed by atoms with Gasteiger partial charge in [-0.2, -0.15) is 0 Å². The van der Waals surface area contributed by atoms with E-state index in [0.29, 0.717) is 12.8 Å². The number of nitrogens with zero attached hydrogens (tertiary/aromatic N) is 2. The predicted molar refractivity (Wildman–Crippen MR) is 63.3 cm³/mol. The van der Waals surface area contributed by atoms with Crippen molar-refractivity contribution in [1.29, 1.82) is 0 Å². The fourth-order valence-corrected chi connectivity index (χ4v) is 2.48. The van der Waals surface area contributed by atoms with Crippen molar-refractivity contribution in [3.05, 3.63) is 0 Å². The van der Waals surface area contributed by atoms with Crippen LogP contribution in [-0.4, -0.2) is 35.0 Å². The van der Waals surface area contributed by atoms with Gasteiger partial charge in [0, 0.05) is 13.1 Å². The van der Waals surface area contributed by atoms with Crippen LogP contribution >= 0.6 is 0 Å². The number of carbonyl (C=O) groups excluding carboxylic acids is 1. The maximum absolute atomic E-state index is 12.2. The minimum atomic E-state index is -0.772. The molecule has 0 aromatic rings. The second-order valence-electron chi connectivity index (χ2n) is 4.91. The van der Waals surface area contributed by atoms with Gasteiger partial charge in [-0.1, -0.05) is 18.0 Å². The van der Waals surface area contributed by atoms with Crippen LogP contribution < -0.4 is 11.2 Å². The van der Waals surface area contributed by atoms with Crippen LogP contribution in [0.5, 0.6) is 0 Å². The van der Waals surface area contributed by atoms with Crippen LogP contribution in [0.2, 0.25) is 0 Å². The van der Waals surface area contributed by atoms with Crippen LogP contribution in [0.4, 0.5) is 0 Å². The fraction of sp³-hybridized carbons (Fsp3) is 0.818. The van der Waals surface area contributed by atoms with E-state index in [2.05, 4.69) is 10.6 Å². The van der Waals surface area contributed by atoms with Gasteiger partial charge < -0.3 is 10.9 Å². The van der Waals surface area contributed by atoms with E-state index in [9.17, 15) is 4.79 Å². The van der Waals surface area contributed by atoms with E-state index in [-0.39, 0.29) is 11.7 Å². The van der Waals surface area contributed by atoms with E-state index in [0.717, 1.165) is 32.4 Å². The molecule has 2 rings (SSSR count). The molecule has 6 heteroatoms. The van der Waals surface area contributed by atoms with Crippen molar-refractivity contribution in [2.75, 3.05) is 13.1 Å². The second-order valence-corrected chi connectivity index (χ2v) is 4.91. The standard InChI is InChI=1S/C11H20N4O2/c12-9(14-17)11(5-4-6-11)10(16)13-15-7-2-1-3-8-15/h17H,1-8H2,(H2,12,14)(H,13,16). The molecule has 96 valence electrons. The highest BCUT2D eigenvalue weighted by molar-refractivity contribution is 6.07. The van der Waals surface area contributed by atoms with Gasteiger partial charge in [0.2, 0.25) is 5.91 Å². The molecule has 0 bridgehead atoms. The first-order valence-corrected chi connectivity index (χ1v) is 6.23. The van der Waals surface area contributed by atoms with E-state index < -0.39 is 5.41 Å². The molecular weight excluding hydrogens is 220 g/mol. The molecule has 2 aliphatic rings. The van der Waals surface area contributed by atoms with Crippen LogP contribution in [0.1, 0.15) is 38.5 Å². The van der Waals surface area contributed by atoms with Crippen molar-refractivity contribution in [3.8, 4) is 0 Å². The molecule has 1 saturated carbocycles. The van der Waals surface area contributed by atoms with Crippen LogP contribution in [0.3, 0.4) is 0 Å². The monoisotopic (exact) mass is 240 g/mol. The Labute approximate surface area is 101 Å². The Bertz CT molecular complexity index is 319. The number of rotatable bonds is 3. The maximum Gasteiger partial charge on any atom is 0.248 e. The molecule has 0 aromatic heterocycles. The van der Waals surface area contributed by atoms with Crippen molar-refractivity contribution in [1.82, 2.24) is 10.4 Å². The number of carbonyl (C=O) groups is 1. The number of hydrogen-bond acceptors (Lipinski definition) is 4. The summed E-state index contributed by atoms with van der Waals surface area (Å²) in [7, 11) is 0. The molecule has 1 saturated heterocycles. The zero-order chi connectivity index (χ0) is 12.3. The molecule has 4 N–H and O–H groups in total. The van der Waals surface area contributed by atoms with Gasteiger partial charge >= 0.3 is 0 Å². The highest BCUT2D eigenvalue weighted by atomic mass is 16.4. The lowest BCUT2D eigenvalue weighted by Crippen LogP contribution is -2.58. The first-order valence-electron chi connectivity index (χ1n) is 6.23. The summed E-state index contributed by atoms with van der Waals surface area (Å²) in [5.74, 6) is -0.0841. The van der Waals surface area contributed by atoms with E-state index in [4.69, 9.17) is 10.9 Å². The zero-order valence-electron chi connectivity index (χ0n) is 9.98. The normalized spacial score (nSPS) is 25.1. The number of oxime groups is 1. The summed E-state index contributed by atoms with van der Waals surface area (Å²) in [5.41, 5.74) is 7.77. The van der Waals surface area contributed by atoms with E-state index in [1.165, 1.54) is 6.42 Å². The topological polar surface area (TPSA) is 91.0 Å². The number of hydrazine groups is 1. The summed E-state index contributed by atoms with van der Waals surface area (Å²) in [4.78, 5) is 12.2. The minimum absolute atomic E-state index is 0.0401. The van der Waals surface area contributed by atoms with Crippen LogP contribution in [0.25, 0.3) is 0 Å². The Morgan fingerprint density at radius 3 is 2.35 bits per heavy atom. The van der Waals surface area contributed by atoms with Gasteiger partial charge in [0.1, 0.15) is 5.41 Å². The first kappa shape index (κ1) is 12.2. The largest absolute Gasteiger partial charge is 0.409 e. The number of amidine groups is 1. The van der Waals surface area contributed by atoms with E-state index in [1.54, 1.807) is 0 Å². The van der Waals surface area contributed by atoms with Gasteiger partial charge in [-0.25, -0.2) is 5.01 Å². The Hall–Kier alpha value is -1.30. The third-order valence-electron chi connectivity index (χ3n) is 3.86. The minimum Gasteiger partial charge on any atom is -0.409 e. The van der Waals surface area contributed by atoms with Crippen LogP contribution in [0, 0.1) is 5.41 Å². The van der Waals surface area contributed by atoms with Crippen molar-refractivity contribution in [2.45, 2.75) is 38.5 Å². The third kappa shape index (κ3) is 2.22. The molecule has 0 radical (unpaired) electrons. The van der Waals surface area contributed by atoms with Crippen LogP contribution in [-0.2, 0) is 4.79 Å². The molecule has 1 aliphatic heterocycles. The number of nitrogens with one attached hydrogen (secondary N) is 1. The summed E-state index contributed by atoms with van der Waals surface area (Å²) in [6.07, 6.45) is 5.72. The Kier molecular flexibility index (Phi) is 3.51. The molecule has 0 unspecified atom stereocenters. The van der Waals surface area contributed by atoms with Crippen molar-refractivity contribution in [3.63, 3.8) is 0 Å². The van der Waals surface area contributed by atoms with E-state index >= 15 is 0 Å².